The molecule has 49 heavy (non-hydrogen) atoms. The molecular formula is C43H38O6. The zero-order valence-electron chi connectivity index (χ0n) is 27.7. The lowest BCUT2D eigenvalue weighted by Crippen LogP contribution is -2.26. The summed E-state index contributed by atoms with van der Waals surface area (Å²) in [6.45, 7) is 6.72. The maximum atomic E-state index is 12.4. The SMILES string of the molecule is CC(C)(c1ccc(OOc2ccc(C(=O)OCc3ccccc3)cc2)cc1)c1ccc(C(C)(c2ccc(O)cc2)c2ccc(O)cc2)cc1. The summed E-state index contributed by atoms with van der Waals surface area (Å²) in [5.74, 6) is 1.01. The van der Waals surface area contributed by atoms with Gasteiger partial charge in [0.2, 0.25) is 0 Å². The molecule has 6 aromatic carbocycles. The second-order valence-corrected chi connectivity index (χ2v) is 12.7. The highest BCUT2D eigenvalue weighted by atomic mass is 17.2. The van der Waals surface area contributed by atoms with E-state index in [1.807, 2.05) is 78.9 Å². The summed E-state index contributed by atoms with van der Waals surface area (Å²) in [5.41, 5.74) is 5.90. The van der Waals surface area contributed by atoms with E-state index in [1.54, 1.807) is 48.5 Å². The first-order valence-corrected chi connectivity index (χ1v) is 16.1. The molecule has 246 valence electrons. The molecule has 0 fully saturated rings. The third-order valence-corrected chi connectivity index (χ3v) is 9.19. The van der Waals surface area contributed by atoms with Crippen LogP contribution in [0.25, 0.3) is 0 Å². The molecule has 0 saturated heterocycles. The fourth-order valence-corrected chi connectivity index (χ4v) is 5.95. The number of benzene rings is 6. The van der Waals surface area contributed by atoms with Crippen molar-refractivity contribution in [2.75, 3.05) is 0 Å². The highest BCUT2D eigenvalue weighted by Gasteiger charge is 2.32. The Hall–Kier alpha value is -6.01. The molecule has 2 N–H and O–H groups in total. The Kier molecular flexibility index (Phi) is 9.40. The first kappa shape index (κ1) is 32.9. The fraction of sp³-hybridized carbons (Fsp3) is 0.140. The number of hydrogen-bond acceptors (Lipinski definition) is 6. The third kappa shape index (κ3) is 7.29. The molecule has 0 spiro atoms. The molecule has 6 nitrogen and oxygen atoms in total. The molecule has 0 aliphatic heterocycles. The average Bonchev–Trinajstić information content (AvgIpc) is 3.14. The van der Waals surface area contributed by atoms with E-state index < -0.39 is 11.4 Å². The van der Waals surface area contributed by atoms with Crippen molar-refractivity contribution in [3.05, 3.63) is 191 Å². The minimum Gasteiger partial charge on any atom is -0.508 e. The van der Waals surface area contributed by atoms with Crippen molar-refractivity contribution in [1.82, 2.24) is 0 Å². The van der Waals surface area contributed by atoms with Crippen LogP contribution in [0.1, 0.15) is 64.5 Å². The van der Waals surface area contributed by atoms with Crippen molar-refractivity contribution in [3.63, 3.8) is 0 Å². The van der Waals surface area contributed by atoms with E-state index >= 15 is 0 Å². The topological polar surface area (TPSA) is 85.2 Å². The van der Waals surface area contributed by atoms with E-state index in [4.69, 9.17) is 14.5 Å². The fourth-order valence-electron chi connectivity index (χ4n) is 5.95. The third-order valence-electron chi connectivity index (χ3n) is 9.19. The van der Waals surface area contributed by atoms with E-state index in [-0.39, 0.29) is 23.5 Å². The number of esters is 1. The van der Waals surface area contributed by atoms with E-state index in [0.717, 1.165) is 33.4 Å². The smallest absolute Gasteiger partial charge is 0.338 e. The van der Waals surface area contributed by atoms with Gasteiger partial charge in [0.25, 0.3) is 0 Å². The highest BCUT2D eigenvalue weighted by molar-refractivity contribution is 5.89. The number of carbonyl (C=O) groups is 1. The van der Waals surface area contributed by atoms with E-state index in [9.17, 15) is 15.0 Å². The maximum Gasteiger partial charge on any atom is 0.338 e. The average molecular weight is 651 g/mol. The number of phenolic OH excluding ortho intramolecular Hbond substituents is 2. The van der Waals surface area contributed by atoms with Gasteiger partial charge in [-0.15, -0.1) is 0 Å². The predicted molar refractivity (Wildman–Crippen MR) is 190 cm³/mol. The van der Waals surface area contributed by atoms with Gasteiger partial charge in [-0.3, -0.25) is 9.78 Å². The first-order valence-electron chi connectivity index (χ1n) is 16.1. The van der Waals surface area contributed by atoms with Crippen molar-refractivity contribution in [1.29, 1.82) is 0 Å². The monoisotopic (exact) mass is 650 g/mol. The Bertz CT molecular complexity index is 1940. The maximum absolute atomic E-state index is 12.4. The number of aromatic hydroxyl groups is 2. The van der Waals surface area contributed by atoms with Crippen LogP contribution in [0.3, 0.4) is 0 Å². The van der Waals surface area contributed by atoms with Crippen LogP contribution in [-0.2, 0) is 22.2 Å². The zero-order chi connectivity index (χ0) is 34.4. The van der Waals surface area contributed by atoms with Gasteiger partial charge in [0, 0.05) is 10.8 Å². The van der Waals surface area contributed by atoms with E-state index in [2.05, 4.69) is 45.0 Å². The van der Waals surface area contributed by atoms with Crippen molar-refractivity contribution in [2.24, 2.45) is 0 Å². The molecule has 0 aromatic heterocycles. The lowest BCUT2D eigenvalue weighted by molar-refractivity contribution is -0.0999. The van der Waals surface area contributed by atoms with Crippen molar-refractivity contribution < 1.29 is 29.5 Å². The number of ether oxygens (including phenoxy) is 1. The Morgan fingerprint density at radius 1 is 0.510 bits per heavy atom. The van der Waals surface area contributed by atoms with Crippen LogP contribution in [-0.4, -0.2) is 16.2 Å². The molecule has 0 saturated carbocycles. The Morgan fingerprint density at radius 3 is 1.37 bits per heavy atom. The van der Waals surface area contributed by atoms with Crippen molar-refractivity contribution >= 4 is 5.97 Å². The van der Waals surface area contributed by atoms with Gasteiger partial charge in [-0.25, -0.2) is 4.79 Å². The van der Waals surface area contributed by atoms with Gasteiger partial charge in [0.15, 0.2) is 11.5 Å². The minimum atomic E-state index is -0.519. The molecule has 0 radical (unpaired) electrons. The highest BCUT2D eigenvalue weighted by Crippen LogP contribution is 2.41. The first-order chi connectivity index (χ1) is 23.6. The zero-order valence-corrected chi connectivity index (χ0v) is 27.7. The summed E-state index contributed by atoms with van der Waals surface area (Å²) in [7, 11) is 0. The molecule has 0 bridgehead atoms. The van der Waals surface area contributed by atoms with Crippen LogP contribution in [0.2, 0.25) is 0 Å². The van der Waals surface area contributed by atoms with Gasteiger partial charge < -0.3 is 14.9 Å². The van der Waals surface area contributed by atoms with Crippen LogP contribution < -0.4 is 9.78 Å². The number of hydrogen-bond donors (Lipinski definition) is 2. The molecule has 0 unspecified atom stereocenters. The second-order valence-electron chi connectivity index (χ2n) is 12.7. The molecule has 0 atom stereocenters. The van der Waals surface area contributed by atoms with Crippen LogP contribution in [0.15, 0.2) is 152 Å². The normalized spacial score (nSPS) is 11.5. The number of carbonyl (C=O) groups excluding carboxylic acids is 1. The number of phenols is 2. The summed E-state index contributed by atoms with van der Waals surface area (Å²) in [5, 5.41) is 19.9. The molecule has 6 heteroatoms. The van der Waals surface area contributed by atoms with Gasteiger partial charge in [-0.2, -0.15) is 0 Å². The second kappa shape index (κ2) is 14.0. The summed E-state index contributed by atoms with van der Waals surface area (Å²) >= 11 is 0. The summed E-state index contributed by atoms with van der Waals surface area (Å²) < 4.78 is 5.39. The van der Waals surface area contributed by atoms with Crippen LogP contribution in [0, 0.1) is 0 Å². The molecule has 0 heterocycles. The predicted octanol–water partition coefficient (Wildman–Crippen LogP) is 9.51. The molecule has 0 amide bonds. The molecule has 0 aliphatic carbocycles. The van der Waals surface area contributed by atoms with Crippen LogP contribution >= 0.6 is 0 Å². The van der Waals surface area contributed by atoms with Crippen molar-refractivity contribution in [3.8, 4) is 23.0 Å². The molecular weight excluding hydrogens is 612 g/mol. The van der Waals surface area contributed by atoms with Crippen molar-refractivity contribution in [2.45, 2.75) is 38.2 Å². The standard InChI is InChI=1S/C43H38O6/c1-42(2,32-11-13-34(14-12-32)43(3,35-15-21-37(44)22-16-35)36-17-23-38(45)24-18-36)33-19-27-40(28-20-33)49-48-39-25-9-31(10-26-39)41(46)47-29-30-7-5-4-6-8-30/h4-28,44-45H,29H2,1-3H3. The van der Waals surface area contributed by atoms with Gasteiger partial charge >= 0.3 is 5.97 Å². The Morgan fingerprint density at radius 2 is 0.898 bits per heavy atom. The molecule has 0 aliphatic rings. The van der Waals surface area contributed by atoms with Crippen LogP contribution in [0.4, 0.5) is 0 Å². The van der Waals surface area contributed by atoms with E-state index in [0.29, 0.717) is 17.1 Å². The quantitative estimate of drug-likeness (QED) is 0.0629. The molecule has 6 rings (SSSR count). The van der Waals surface area contributed by atoms with Gasteiger partial charge in [0.05, 0.1) is 5.56 Å². The number of rotatable bonds is 11. The van der Waals surface area contributed by atoms with Gasteiger partial charge in [-0.05, 0) is 101 Å². The lowest BCUT2D eigenvalue weighted by atomic mass is 9.70. The molecule has 6 aromatic rings. The summed E-state index contributed by atoms with van der Waals surface area (Å²) in [4.78, 5) is 23.5. The van der Waals surface area contributed by atoms with Crippen LogP contribution in [0.5, 0.6) is 23.0 Å². The largest absolute Gasteiger partial charge is 0.508 e. The lowest BCUT2D eigenvalue weighted by Gasteiger charge is -2.33. The van der Waals surface area contributed by atoms with E-state index in [1.165, 1.54) is 0 Å². The summed E-state index contributed by atoms with van der Waals surface area (Å²) in [6, 6.07) is 47.1. The van der Waals surface area contributed by atoms with Gasteiger partial charge in [0.1, 0.15) is 18.1 Å². The minimum absolute atomic E-state index is 0.209. The Labute approximate surface area is 286 Å². The summed E-state index contributed by atoms with van der Waals surface area (Å²) in [6.07, 6.45) is 0. The Balaban J connectivity index is 1.11. The van der Waals surface area contributed by atoms with Gasteiger partial charge in [-0.1, -0.05) is 105 Å².